The monoisotopic (exact) mass is 1330 g/mol. The van der Waals surface area contributed by atoms with Gasteiger partial charge >= 0.3 is 39.5 Å². The van der Waals surface area contributed by atoms with Gasteiger partial charge in [0.1, 0.15) is 19.3 Å². The van der Waals surface area contributed by atoms with Crippen molar-refractivity contribution in [2.45, 2.75) is 356 Å². The van der Waals surface area contributed by atoms with Gasteiger partial charge in [0.05, 0.1) is 26.4 Å². The van der Waals surface area contributed by atoms with Gasteiger partial charge in [-0.05, 0) is 69.1 Å². The van der Waals surface area contributed by atoms with Crippen molar-refractivity contribution in [3.63, 3.8) is 0 Å². The Morgan fingerprint density at radius 1 is 0.363 bits per heavy atom. The maximum atomic E-state index is 13.0. The number of rotatable bonds is 68. The summed E-state index contributed by atoms with van der Waals surface area (Å²) in [6.07, 6.45) is 49.5. The molecule has 6 atom stereocenters. The van der Waals surface area contributed by atoms with Crippen LogP contribution in [0.15, 0.2) is 24.3 Å². The first-order chi connectivity index (χ1) is 43.8. The van der Waals surface area contributed by atoms with E-state index in [1.165, 1.54) is 122 Å². The maximum Gasteiger partial charge on any atom is 0.472 e. The minimum Gasteiger partial charge on any atom is -0.462 e. The number of hydrogen-bond donors (Lipinski definition) is 3. The van der Waals surface area contributed by atoms with Gasteiger partial charge in [-0.3, -0.25) is 37.3 Å². The average molecular weight is 1340 g/mol. The number of ether oxygens (including phenoxy) is 4. The average Bonchev–Trinajstić information content (AvgIpc) is 2.93. The normalized spacial score (nSPS) is 14.6. The molecule has 4 unspecified atom stereocenters. The third kappa shape index (κ3) is 64.6. The Morgan fingerprint density at radius 3 is 0.978 bits per heavy atom. The summed E-state index contributed by atoms with van der Waals surface area (Å²) in [5, 5.41) is 10.6. The van der Waals surface area contributed by atoms with Crippen LogP contribution in [0.1, 0.15) is 337 Å². The van der Waals surface area contributed by atoms with Crippen molar-refractivity contribution >= 4 is 39.5 Å². The molecule has 0 aromatic heterocycles. The molecular formula is C72H136O17P2. The second-order valence-electron chi connectivity index (χ2n) is 26.5. The van der Waals surface area contributed by atoms with Crippen LogP contribution in [0, 0.1) is 17.8 Å². The molecule has 0 aliphatic rings. The van der Waals surface area contributed by atoms with Crippen molar-refractivity contribution in [1.29, 1.82) is 0 Å². The number of allylic oxidation sites excluding steroid dienone is 4. The molecule has 0 radical (unpaired) electrons. The quantitative estimate of drug-likeness (QED) is 0.0169. The Bertz CT molecular complexity index is 1880. The molecule has 0 saturated carbocycles. The topological polar surface area (TPSA) is 237 Å². The van der Waals surface area contributed by atoms with E-state index >= 15 is 0 Å². The van der Waals surface area contributed by atoms with Gasteiger partial charge in [0.2, 0.25) is 0 Å². The zero-order chi connectivity index (χ0) is 67.3. The number of aliphatic hydroxyl groups excluding tert-OH is 1. The van der Waals surface area contributed by atoms with E-state index in [4.69, 9.17) is 37.0 Å². The predicted octanol–water partition coefficient (Wildman–Crippen LogP) is 20.2. The molecule has 0 aromatic rings. The van der Waals surface area contributed by atoms with Gasteiger partial charge in [-0.25, -0.2) is 9.13 Å². The third-order valence-corrected chi connectivity index (χ3v) is 18.3. The number of carbonyl (C=O) groups excluding carboxylic acids is 4. The van der Waals surface area contributed by atoms with E-state index in [1.807, 2.05) is 0 Å². The molecule has 0 aliphatic carbocycles. The lowest BCUT2D eigenvalue weighted by atomic mass is 10.00. The van der Waals surface area contributed by atoms with Gasteiger partial charge in [-0.2, -0.15) is 0 Å². The van der Waals surface area contributed by atoms with Gasteiger partial charge < -0.3 is 33.8 Å². The van der Waals surface area contributed by atoms with E-state index in [9.17, 15) is 43.2 Å². The Balaban J connectivity index is 5.28. The van der Waals surface area contributed by atoms with E-state index in [1.54, 1.807) is 0 Å². The summed E-state index contributed by atoms with van der Waals surface area (Å²) in [6, 6.07) is 0. The van der Waals surface area contributed by atoms with Crippen molar-refractivity contribution < 1.29 is 80.2 Å². The molecule has 0 bridgehead atoms. The first-order valence-electron chi connectivity index (χ1n) is 36.7. The summed E-state index contributed by atoms with van der Waals surface area (Å²) in [5.41, 5.74) is 0. The van der Waals surface area contributed by atoms with Crippen LogP contribution in [0.3, 0.4) is 0 Å². The van der Waals surface area contributed by atoms with Crippen LogP contribution in [-0.4, -0.2) is 96.7 Å². The van der Waals surface area contributed by atoms with Crippen molar-refractivity contribution in [2.75, 3.05) is 39.6 Å². The van der Waals surface area contributed by atoms with Crippen LogP contribution in [0.5, 0.6) is 0 Å². The van der Waals surface area contributed by atoms with Crippen molar-refractivity contribution in [2.24, 2.45) is 17.8 Å². The highest BCUT2D eigenvalue weighted by Gasteiger charge is 2.30. The molecule has 0 heterocycles. The standard InChI is InChI=1S/C72H136O17P2/c1-8-10-11-12-13-14-15-16-17-20-23-26-31-41-48-55-71(76)88-67(59-82-69(74)53-46-39-33-28-30-37-44-51-64(5)6)61-86-90(78,79)84-57-66(73)58-85-91(80,81)87-62-68(60-83-70(75)54-47-40-35-34-38-45-52-65(7)9-2)89-72(77)56-49-42-32-27-24-21-18-19-22-25-29-36-43-50-63(3)4/h14-17,63-68,73H,8-13,18-62H2,1-7H3,(H,78,79)(H,80,81)/b15-14-,17-16-/t65?,66?,67-,68-/m1/s1. The molecule has 19 heteroatoms. The van der Waals surface area contributed by atoms with Gasteiger partial charge in [0, 0.05) is 25.7 Å². The summed E-state index contributed by atoms with van der Waals surface area (Å²) in [7, 11) is -9.92. The number of esters is 4. The van der Waals surface area contributed by atoms with Gasteiger partial charge in [0.25, 0.3) is 0 Å². The first-order valence-corrected chi connectivity index (χ1v) is 39.7. The summed E-state index contributed by atoms with van der Waals surface area (Å²) >= 11 is 0. The van der Waals surface area contributed by atoms with Crippen LogP contribution < -0.4 is 0 Å². The second kappa shape index (κ2) is 62.4. The summed E-state index contributed by atoms with van der Waals surface area (Å²) in [5.74, 6) is 0.0595. The number of phosphoric acid groups is 2. The molecule has 536 valence electrons. The largest absolute Gasteiger partial charge is 0.472 e. The van der Waals surface area contributed by atoms with Crippen molar-refractivity contribution in [3.05, 3.63) is 24.3 Å². The summed E-state index contributed by atoms with van der Waals surface area (Å²) in [6.45, 7) is 11.7. The smallest absolute Gasteiger partial charge is 0.462 e. The lowest BCUT2D eigenvalue weighted by molar-refractivity contribution is -0.161. The van der Waals surface area contributed by atoms with Crippen LogP contribution >= 0.6 is 15.6 Å². The van der Waals surface area contributed by atoms with Crippen molar-refractivity contribution in [1.82, 2.24) is 0 Å². The molecule has 0 fully saturated rings. The zero-order valence-corrected chi connectivity index (χ0v) is 60.6. The van der Waals surface area contributed by atoms with E-state index < -0.39 is 97.5 Å². The predicted molar refractivity (Wildman–Crippen MR) is 367 cm³/mol. The van der Waals surface area contributed by atoms with E-state index in [2.05, 4.69) is 72.8 Å². The zero-order valence-electron chi connectivity index (χ0n) is 58.8. The third-order valence-electron chi connectivity index (χ3n) is 16.4. The molecule has 0 spiro atoms. The van der Waals surface area contributed by atoms with Crippen LogP contribution in [0.4, 0.5) is 0 Å². The lowest BCUT2D eigenvalue weighted by Gasteiger charge is -2.21. The summed E-state index contributed by atoms with van der Waals surface area (Å²) in [4.78, 5) is 72.6. The lowest BCUT2D eigenvalue weighted by Crippen LogP contribution is -2.30. The Labute approximate surface area is 554 Å². The van der Waals surface area contributed by atoms with Crippen molar-refractivity contribution in [3.8, 4) is 0 Å². The first kappa shape index (κ1) is 88.5. The second-order valence-corrected chi connectivity index (χ2v) is 29.4. The number of carbonyl (C=O) groups is 4. The van der Waals surface area contributed by atoms with Gasteiger partial charge in [0.15, 0.2) is 12.2 Å². The molecule has 0 aliphatic heterocycles. The Hall–Kier alpha value is -2.46. The van der Waals surface area contributed by atoms with E-state index in [0.717, 1.165) is 127 Å². The van der Waals surface area contributed by atoms with Crippen LogP contribution in [0.2, 0.25) is 0 Å². The van der Waals surface area contributed by atoms with Crippen LogP contribution in [-0.2, 0) is 65.4 Å². The molecule has 91 heavy (non-hydrogen) atoms. The molecule has 17 nitrogen and oxygen atoms in total. The summed E-state index contributed by atoms with van der Waals surface area (Å²) < 4.78 is 68.3. The van der Waals surface area contributed by atoms with Gasteiger partial charge in [-0.15, -0.1) is 0 Å². The molecule has 0 amide bonds. The van der Waals surface area contributed by atoms with E-state index in [0.29, 0.717) is 31.6 Å². The fourth-order valence-corrected chi connectivity index (χ4v) is 11.9. The Kier molecular flexibility index (Phi) is 60.7. The minimum atomic E-state index is -4.96. The number of phosphoric ester groups is 2. The fourth-order valence-electron chi connectivity index (χ4n) is 10.3. The highest BCUT2D eigenvalue weighted by Crippen LogP contribution is 2.45. The van der Waals surface area contributed by atoms with E-state index in [-0.39, 0.29) is 25.7 Å². The molecule has 0 saturated heterocycles. The molecule has 0 rings (SSSR count). The van der Waals surface area contributed by atoms with Gasteiger partial charge in [-0.1, -0.05) is 285 Å². The SMILES string of the molecule is CCCCCC/C=C\C=C/CCCCCCCC(=O)O[C@H](COC(=O)CCCCCCCCCC(C)C)COP(=O)(O)OCC(O)COP(=O)(O)OC[C@@H](COC(=O)CCCCCCCCC(C)CC)OC(=O)CCCCCCCCCCCCCCCC(C)C. The van der Waals surface area contributed by atoms with Crippen LogP contribution in [0.25, 0.3) is 0 Å². The molecule has 3 N–H and O–H groups in total. The number of unbranched alkanes of at least 4 members (excludes halogenated alkanes) is 32. The highest BCUT2D eigenvalue weighted by atomic mass is 31.2. The number of aliphatic hydroxyl groups is 1. The maximum absolute atomic E-state index is 13.0. The fraction of sp³-hybridized carbons (Fsp3) is 0.889. The molecular weight excluding hydrogens is 1200 g/mol. The number of hydrogen-bond acceptors (Lipinski definition) is 15. The minimum absolute atomic E-state index is 0.0837. The molecule has 0 aromatic carbocycles. The highest BCUT2D eigenvalue weighted by molar-refractivity contribution is 7.47. The Morgan fingerprint density at radius 2 is 0.648 bits per heavy atom.